The van der Waals surface area contributed by atoms with Crippen molar-refractivity contribution in [2.24, 2.45) is 0 Å². The van der Waals surface area contributed by atoms with Crippen molar-refractivity contribution in [1.29, 1.82) is 0 Å². The standard InChI is InChI=1S/C43H46N12O6/c44-35-25-45-24-31(48-35)32-26-54-18-15-46-40(54)39(49-32)47-27-7-9-28(10-8-27)51-19-21-52(22-20-51)29-13-16-53(17-14-29)37(57)6-1-2-23-61-34-5-3-4-30-38(34)43(60)55(42(30)59)33-11-12-36(56)50-41(33)58/h3-5,7-10,15,18,24-26,29,33H,1-2,6,11-14,16-17,19-23H2,(H2,44,48)(H,47,49)(H,50,56,58). The third-order valence-corrected chi connectivity index (χ3v) is 11.9. The molecule has 1 unspecified atom stereocenters. The van der Waals surface area contributed by atoms with E-state index in [0.717, 1.165) is 68.4 Å². The summed E-state index contributed by atoms with van der Waals surface area (Å²) in [6, 6.07) is 12.6. The van der Waals surface area contributed by atoms with Crippen LogP contribution in [0.5, 0.6) is 5.75 Å². The lowest BCUT2D eigenvalue weighted by Gasteiger charge is -2.43. The van der Waals surface area contributed by atoms with Crippen LogP contribution >= 0.6 is 0 Å². The molecule has 3 saturated heterocycles. The highest BCUT2D eigenvalue weighted by molar-refractivity contribution is 6.24. The van der Waals surface area contributed by atoms with Crippen molar-refractivity contribution in [3.8, 4) is 17.1 Å². The van der Waals surface area contributed by atoms with Gasteiger partial charge in [-0.2, -0.15) is 0 Å². The number of fused-ring (bicyclic) bond motifs is 2. The SMILES string of the molecule is Nc1cncc(-c2cn3ccnc3c(Nc3ccc(N4CCN(C5CCN(C(=O)CCCCOc6cccc7c6C(=O)N(C6CCC(=O)NC6=O)C7=O)CC5)CC4)cc3)n2)n1. The Morgan fingerprint density at radius 2 is 1.69 bits per heavy atom. The number of piperidine rings is 2. The summed E-state index contributed by atoms with van der Waals surface area (Å²) >= 11 is 0. The summed E-state index contributed by atoms with van der Waals surface area (Å²) in [5.41, 5.74) is 10.1. The molecule has 4 N–H and O–H groups in total. The van der Waals surface area contributed by atoms with Gasteiger partial charge in [0, 0.05) is 88.1 Å². The number of unbranched alkanes of at least 4 members (excludes halogenated alkanes) is 1. The van der Waals surface area contributed by atoms with Gasteiger partial charge < -0.3 is 30.0 Å². The number of hydrogen-bond donors (Lipinski definition) is 3. The summed E-state index contributed by atoms with van der Waals surface area (Å²) in [6.45, 7) is 5.49. The fourth-order valence-electron chi connectivity index (χ4n) is 8.68. The third kappa shape index (κ3) is 8.17. The minimum atomic E-state index is -1.04. The topological polar surface area (TPSA) is 214 Å². The zero-order chi connectivity index (χ0) is 42.0. The maximum atomic E-state index is 13.3. The van der Waals surface area contributed by atoms with Crippen molar-refractivity contribution >= 4 is 58.2 Å². The van der Waals surface area contributed by atoms with E-state index < -0.39 is 29.7 Å². The minimum Gasteiger partial charge on any atom is -0.493 e. The Kier molecular flexibility index (Phi) is 11.0. The highest BCUT2D eigenvalue weighted by atomic mass is 16.5. The third-order valence-electron chi connectivity index (χ3n) is 11.9. The van der Waals surface area contributed by atoms with E-state index in [9.17, 15) is 24.0 Å². The molecule has 3 aromatic heterocycles. The predicted octanol–water partition coefficient (Wildman–Crippen LogP) is 3.28. The second kappa shape index (κ2) is 17.0. The molecule has 0 bridgehead atoms. The molecule has 1 atom stereocenters. The van der Waals surface area contributed by atoms with Crippen LogP contribution < -0.4 is 26.0 Å². The number of hydrogen-bond acceptors (Lipinski definition) is 14. The number of nitrogens with zero attached hydrogens (tertiary/aromatic N) is 9. The van der Waals surface area contributed by atoms with Gasteiger partial charge in [-0.05, 0) is 68.5 Å². The molecule has 0 aliphatic carbocycles. The fraction of sp³-hybridized carbons (Fsp3) is 0.372. The lowest BCUT2D eigenvalue weighted by Crippen LogP contribution is -2.54. The first-order valence-electron chi connectivity index (χ1n) is 20.7. The summed E-state index contributed by atoms with van der Waals surface area (Å²) in [7, 11) is 0. The highest BCUT2D eigenvalue weighted by Crippen LogP contribution is 2.34. The van der Waals surface area contributed by atoms with E-state index in [4.69, 9.17) is 15.5 Å². The zero-order valence-corrected chi connectivity index (χ0v) is 33.5. The van der Waals surface area contributed by atoms with Crippen molar-refractivity contribution in [3.05, 3.63) is 84.6 Å². The summed E-state index contributed by atoms with van der Waals surface area (Å²) in [6.07, 6.45) is 12.2. The molecular formula is C43H46N12O6. The van der Waals surface area contributed by atoms with Crippen molar-refractivity contribution < 1.29 is 28.7 Å². The van der Waals surface area contributed by atoms with Gasteiger partial charge >= 0.3 is 0 Å². The number of nitrogen functional groups attached to an aromatic ring is 1. The van der Waals surface area contributed by atoms with Crippen LogP contribution in [0.15, 0.2) is 73.4 Å². The Bertz CT molecular complexity index is 2490. The average Bonchev–Trinajstić information content (AvgIpc) is 3.86. The van der Waals surface area contributed by atoms with Gasteiger partial charge in [0.2, 0.25) is 17.7 Å². The largest absolute Gasteiger partial charge is 0.493 e. The Balaban J connectivity index is 0.700. The molecule has 4 aliphatic heterocycles. The normalized spacial score (nSPS) is 18.8. The molecular weight excluding hydrogens is 781 g/mol. The minimum absolute atomic E-state index is 0.0517. The number of nitrogens with two attached hydrogens (primary N) is 1. The number of amides is 5. The Labute approximate surface area is 351 Å². The lowest BCUT2D eigenvalue weighted by molar-refractivity contribution is -0.136. The van der Waals surface area contributed by atoms with Crippen molar-refractivity contribution in [3.63, 3.8) is 0 Å². The predicted molar refractivity (Wildman–Crippen MR) is 224 cm³/mol. The maximum Gasteiger partial charge on any atom is 0.266 e. The molecule has 5 amide bonds. The number of anilines is 4. The first kappa shape index (κ1) is 39.5. The maximum absolute atomic E-state index is 13.3. The van der Waals surface area contributed by atoms with E-state index in [0.29, 0.717) is 54.0 Å². The summed E-state index contributed by atoms with van der Waals surface area (Å²) in [4.78, 5) is 89.3. The van der Waals surface area contributed by atoms with Gasteiger partial charge in [-0.3, -0.25) is 44.1 Å². The number of carbonyl (C=O) groups is 5. The van der Waals surface area contributed by atoms with E-state index in [1.54, 1.807) is 24.5 Å². The number of rotatable bonds is 12. The Hall–Kier alpha value is -6.95. The molecule has 18 heteroatoms. The number of carbonyl (C=O) groups excluding carboxylic acids is 5. The van der Waals surface area contributed by atoms with Crippen molar-refractivity contribution in [1.82, 2.24) is 44.4 Å². The van der Waals surface area contributed by atoms with E-state index in [2.05, 4.69) is 59.7 Å². The van der Waals surface area contributed by atoms with Gasteiger partial charge in [0.15, 0.2) is 11.5 Å². The van der Waals surface area contributed by atoms with Gasteiger partial charge in [-0.25, -0.2) is 15.0 Å². The van der Waals surface area contributed by atoms with Crippen molar-refractivity contribution in [2.45, 2.75) is 57.0 Å². The molecule has 0 saturated carbocycles. The van der Waals surface area contributed by atoms with Crippen LogP contribution in [0.25, 0.3) is 17.0 Å². The second-order valence-electron chi connectivity index (χ2n) is 15.7. The summed E-state index contributed by atoms with van der Waals surface area (Å²) in [5, 5.41) is 5.63. The molecule has 314 valence electrons. The quantitative estimate of drug-likeness (QED) is 0.122. The number of piperazine rings is 1. The molecule has 0 spiro atoms. The summed E-state index contributed by atoms with van der Waals surface area (Å²) in [5.74, 6) is -0.937. The second-order valence-corrected chi connectivity index (χ2v) is 15.7. The number of aromatic nitrogens is 5. The molecule has 7 heterocycles. The van der Waals surface area contributed by atoms with Crippen LogP contribution in [0.1, 0.15) is 65.7 Å². The van der Waals surface area contributed by atoms with E-state index >= 15 is 0 Å². The first-order valence-corrected chi connectivity index (χ1v) is 20.7. The van der Waals surface area contributed by atoms with Crippen LogP contribution in [0, 0.1) is 0 Å². The van der Waals surface area contributed by atoms with Gasteiger partial charge in [0.1, 0.15) is 29.0 Å². The first-order chi connectivity index (χ1) is 29.7. The van der Waals surface area contributed by atoms with Gasteiger partial charge in [-0.1, -0.05) is 6.07 Å². The van der Waals surface area contributed by atoms with Gasteiger partial charge in [-0.15, -0.1) is 0 Å². The van der Waals surface area contributed by atoms with Gasteiger partial charge in [0.25, 0.3) is 11.8 Å². The molecule has 18 nitrogen and oxygen atoms in total. The van der Waals surface area contributed by atoms with Gasteiger partial charge in [0.05, 0.1) is 30.1 Å². The molecule has 9 rings (SSSR count). The van der Waals surface area contributed by atoms with Crippen LogP contribution in [0.4, 0.5) is 23.0 Å². The fourth-order valence-corrected chi connectivity index (χ4v) is 8.68. The molecule has 61 heavy (non-hydrogen) atoms. The molecule has 4 aliphatic rings. The number of ether oxygens (including phenoxy) is 1. The van der Waals surface area contributed by atoms with Crippen LogP contribution in [-0.4, -0.2) is 127 Å². The van der Waals surface area contributed by atoms with E-state index in [1.807, 2.05) is 21.7 Å². The number of likely N-dealkylation sites (tertiary alicyclic amines) is 1. The van der Waals surface area contributed by atoms with E-state index in [1.165, 1.54) is 12.3 Å². The molecule has 0 radical (unpaired) electrons. The van der Waals surface area contributed by atoms with Crippen LogP contribution in [0.3, 0.4) is 0 Å². The van der Waals surface area contributed by atoms with Crippen LogP contribution in [0.2, 0.25) is 0 Å². The molecule has 5 aromatic rings. The highest BCUT2D eigenvalue weighted by Gasteiger charge is 2.46. The summed E-state index contributed by atoms with van der Waals surface area (Å²) < 4.78 is 7.84. The Morgan fingerprint density at radius 3 is 2.46 bits per heavy atom. The molecule has 2 aromatic carbocycles. The molecule has 3 fully saturated rings. The number of benzene rings is 2. The average molecular weight is 827 g/mol. The number of nitrogens with one attached hydrogen (secondary N) is 2. The number of imidazole rings is 1. The zero-order valence-electron chi connectivity index (χ0n) is 33.5. The number of imide groups is 2. The van der Waals surface area contributed by atoms with Crippen molar-refractivity contribution in [2.75, 3.05) is 61.8 Å². The Morgan fingerprint density at radius 1 is 0.885 bits per heavy atom. The monoisotopic (exact) mass is 826 g/mol. The smallest absolute Gasteiger partial charge is 0.266 e. The van der Waals surface area contributed by atoms with Crippen LogP contribution in [-0.2, 0) is 14.4 Å². The lowest BCUT2D eigenvalue weighted by atomic mass is 10.0. The van der Waals surface area contributed by atoms with E-state index in [-0.39, 0.29) is 42.2 Å².